The highest BCUT2D eigenvalue weighted by Gasteiger charge is 2.41. The number of hydrogen-bond acceptors (Lipinski definition) is 3. The van der Waals surface area contributed by atoms with Crippen LogP contribution in [0.2, 0.25) is 0 Å². The van der Waals surface area contributed by atoms with Crippen molar-refractivity contribution in [3.05, 3.63) is 108 Å². The molecular weight excluding hydrogens is 331 g/mol. The molecule has 0 radical (unpaired) electrons. The van der Waals surface area contributed by atoms with Crippen molar-refractivity contribution in [3.63, 3.8) is 0 Å². The normalized spacial score (nSPS) is 12.1. The summed E-state index contributed by atoms with van der Waals surface area (Å²) in [7, 11) is -3.87. The molecule has 0 aliphatic rings. The molecule has 3 aromatic carbocycles. The van der Waals surface area contributed by atoms with Crippen LogP contribution in [0.3, 0.4) is 0 Å². The largest absolute Gasteiger partial charge is 0.403 e. The van der Waals surface area contributed by atoms with E-state index in [1.807, 2.05) is 91.0 Å². The van der Waals surface area contributed by atoms with Crippen molar-refractivity contribution in [3.8, 4) is 0 Å². The second-order valence-electron chi connectivity index (χ2n) is 6.17. The van der Waals surface area contributed by atoms with Crippen molar-refractivity contribution >= 4 is 7.94 Å². The number of hydrogen-bond donors (Lipinski definition) is 3. The molecule has 0 heterocycles. The SMILES string of the molecule is O[P+](O)(O)CCC(c1ccccc1)(c1ccccc1)c1ccccc1. The zero-order chi connectivity index (χ0) is 17.8. The summed E-state index contributed by atoms with van der Waals surface area (Å²) in [4.78, 5) is 28.9. The standard InChI is InChI=1S/C21H22O3P/c22-25(23,24)17-16-21(18-10-4-1-5-11-18,19-12-6-2-7-13-19)20-14-8-3-9-15-20/h1-15,22-24H,16-17H2/q+1. The molecule has 0 saturated heterocycles. The minimum atomic E-state index is -3.87. The van der Waals surface area contributed by atoms with Gasteiger partial charge in [-0.15, -0.1) is 0 Å². The molecule has 0 atom stereocenters. The third kappa shape index (κ3) is 3.97. The molecule has 0 aliphatic heterocycles. The van der Waals surface area contributed by atoms with E-state index in [9.17, 15) is 14.7 Å². The van der Waals surface area contributed by atoms with E-state index in [0.29, 0.717) is 6.42 Å². The van der Waals surface area contributed by atoms with E-state index < -0.39 is 13.4 Å². The summed E-state index contributed by atoms with van der Waals surface area (Å²) < 4.78 is 0. The van der Waals surface area contributed by atoms with E-state index in [-0.39, 0.29) is 6.16 Å². The molecule has 0 saturated carbocycles. The van der Waals surface area contributed by atoms with E-state index in [1.165, 1.54) is 0 Å². The lowest BCUT2D eigenvalue weighted by Gasteiger charge is -2.35. The zero-order valence-electron chi connectivity index (χ0n) is 13.9. The quantitative estimate of drug-likeness (QED) is 0.461. The smallest absolute Gasteiger partial charge is 0.193 e. The van der Waals surface area contributed by atoms with Gasteiger partial charge in [-0.25, -0.2) is 0 Å². The Hall–Kier alpha value is -2.03. The molecule has 0 unspecified atom stereocenters. The van der Waals surface area contributed by atoms with E-state index in [1.54, 1.807) is 0 Å². The molecule has 0 aromatic heterocycles. The fourth-order valence-corrected chi connectivity index (χ4v) is 4.05. The van der Waals surface area contributed by atoms with Gasteiger partial charge in [0.05, 0.1) is 0 Å². The maximum Gasteiger partial charge on any atom is 0.403 e. The van der Waals surface area contributed by atoms with Crippen molar-refractivity contribution < 1.29 is 14.7 Å². The highest BCUT2D eigenvalue weighted by Crippen LogP contribution is 2.51. The Morgan fingerprint density at radius 1 is 0.560 bits per heavy atom. The summed E-state index contributed by atoms with van der Waals surface area (Å²) >= 11 is 0. The molecule has 3 rings (SSSR count). The van der Waals surface area contributed by atoms with Crippen LogP contribution in [0, 0.1) is 0 Å². The second-order valence-corrected chi connectivity index (χ2v) is 8.00. The van der Waals surface area contributed by atoms with Gasteiger partial charge in [0.15, 0.2) is 0 Å². The van der Waals surface area contributed by atoms with Crippen LogP contribution in [0.1, 0.15) is 23.1 Å². The third-order valence-electron chi connectivity index (χ3n) is 4.59. The summed E-state index contributed by atoms with van der Waals surface area (Å²) in [5.74, 6) is 0. The Bertz CT molecular complexity index is 687. The first-order chi connectivity index (χ1) is 12.0. The molecule has 0 bridgehead atoms. The Balaban J connectivity index is 2.24. The Morgan fingerprint density at radius 3 is 1.16 bits per heavy atom. The second kappa shape index (κ2) is 7.47. The van der Waals surface area contributed by atoms with Crippen molar-refractivity contribution in [1.29, 1.82) is 0 Å². The van der Waals surface area contributed by atoms with Gasteiger partial charge in [0, 0.05) is 11.8 Å². The topological polar surface area (TPSA) is 60.7 Å². The molecule has 3 nitrogen and oxygen atoms in total. The van der Waals surface area contributed by atoms with Gasteiger partial charge >= 0.3 is 7.94 Å². The highest BCUT2D eigenvalue weighted by molar-refractivity contribution is 7.58. The van der Waals surface area contributed by atoms with Crippen LogP contribution >= 0.6 is 7.94 Å². The molecule has 128 valence electrons. The molecule has 0 amide bonds. The van der Waals surface area contributed by atoms with Crippen molar-refractivity contribution in [1.82, 2.24) is 0 Å². The summed E-state index contributed by atoms with van der Waals surface area (Å²) in [5.41, 5.74) is 2.60. The van der Waals surface area contributed by atoms with Gasteiger partial charge in [0.25, 0.3) is 0 Å². The van der Waals surface area contributed by atoms with Gasteiger partial charge in [-0.2, -0.15) is 14.7 Å². The fourth-order valence-electron chi connectivity index (χ4n) is 3.42. The minimum absolute atomic E-state index is 0.0638. The van der Waals surface area contributed by atoms with Crippen molar-refractivity contribution in [2.24, 2.45) is 0 Å². The third-order valence-corrected chi connectivity index (χ3v) is 5.41. The van der Waals surface area contributed by atoms with Gasteiger partial charge in [-0.1, -0.05) is 91.0 Å². The first kappa shape index (κ1) is 17.8. The zero-order valence-corrected chi connectivity index (χ0v) is 14.8. The average molecular weight is 353 g/mol. The van der Waals surface area contributed by atoms with Crippen LogP contribution in [-0.2, 0) is 5.41 Å². The first-order valence-electron chi connectivity index (χ1n) is 8.25. The van der Waals surface area contributed by atoms with Gasteiger partial charge < -0.3 is 0 Å². The van der Waals surface area contributed by atoms with Crippen LogP contribution in [0.5, 0.6) is 0 Å². The predicted octanol–water partition coefficient (Wildman–Crippen LogP) is 4.15. The maximum absolute atomic E-state index is 9.64. The Labute approximate surface area is 148 Å². The summed E-state index contributed by atoms with van der Waals surface area (Å²) in [6.45, 7) is 0. The van der Waals surface area contributed by atoms with Crippen LogP contribution in [-0.4, -0.2) is 20.8 Å². The van der Waals surface area contributed by atoms with E-state index >= 15 is 0 Å². The van der Waals surface area contributed by atoms with Crippen LogP contribution in [0.15, 0.2) is 91.0 Å². The van der Waals surface area contributed by atoms with E-state index in [0.717, 1.165) is 16.7 Å². The van der Waals surface area contributed by atoms with E-state index in [4.69, 9.17) is 0 Å². The molecule has 0 fully saturated rings. The number of rotatable bonds is 6. The Morgan fingerprint density at radius 2 is 0.880 bits per heavy atom. The van der Waals surface area contributed by atoms with Gasteiger partial charge in [0.2, 0.25) is 0 Å². The molecular formula is C21H22O3P+. The molecule has 0 aliphatic carbocycles. The lowest BCUT2D eigenvalue weighted by atomic mass is 9.68. The highest BCUT2D eigenvalue weighted by atomic mass is 31.2. The maximum atomic E-state index is 9.64. The number of benzene rings is 3. The molecule has 4 heteroatoms. The van der Waals surface area contributed by atoms with Crippen LogP contribution in [0.4, 0.5) is 0 Å². The fraction of sp³-hybridized carbons (Fsp3) is 0.143. The monoisotopic (exact) mass is 353 g/mol. The lowest BCUT2D eigenvalue weighted by Crippen LogP contribution is -2.31. The van der Waals surface area contributed by atoms with Crippen molar-refractivity contribution in [2.75, 3.05) is 6.16 Å². The summed E-state index contributed by atoms with van der Waals surface area (Å²) in [6, 6.07) is 30.1. The minimum Gasteiger partial charge on any atom is -0.193 e. The van der Waals surface area contributed by atoms with Crippen molar-refractivity contribution in [2.45, 2.75) is 11.8 Å². The lowest BCUT2D eigenvalue weighted by molar-refractivity contribution is 0.325. The predicted molar refractivity (Wildman–Crippen MR) is 102 cm³/mol. The van der Waals surface area contributed by atoms with Gasteiger partial charge in [-0.05, 0) is 16.7 Å². The Kier molecular flexibility index (Phi) is 5.31. The molecule has 3 N–H and O–H groups in total. The summed E-state index contributed by atoms with van der Waals surface area (Å²) in [5, 5.41) is 0. The summed E-state index contributed by atoms with van der Waals surface area (Å²) in [6.07, 6.45) is 0.327. The van der Waals surface area contributed by atoms with Gasteiger partial charge in [0.1, 0.15) is 6.16 Å². The van der Waals surface area contributed by atoms with E-state index in [2.05, 4.69) is 0 Å². The first-order valence-corrected chi connectivity index (χ1v) is 10.1. The average Bonchev–Trinajstić information content (AvgIpc) is 2.64. The molecule has 3 aromatic rings. The molecule has 0 spiro atoms. The molecule has 25 heavy (non-hydrogen) atoms. The van der Waals surface area contributed by atoms with Gasteiger partial charge in [-0.3, -0.25) is 0 Å². The van der Waals surface area contributed by atoms with Crippen LogP contribution in [0.25, 0.3) is 0 Å². The van der Waals surface area contributed by atoms with Crippen LogP contribution < -0.4 is 0 Å².